The summed E-state index contributed by atoms with van der Waals surface area (Å²) in [5, 5.41) is 6.60. The molecule has 0 spiro atoms. The first-order chi connectivity index (χ1) is 13.5. The van der Waals surface area contributed by atoms with E-state index in [0.717, 1.165) is 47.0 Å². The lowest BCUT2D eigenvalue weighted by Gasteiger charge is -2.17. The van der Waals surface area contributed by atoms with Crippen LogP contribution in [0.2, 0.25) is 0 Å². The minimum atomic E-state index is -0.651. The highest BCUT2D eigenvalue weighted by Crippen LogP contribution is 2.21. The molecule has 1 aromatic carbocycles. The van der Waals surface area contributed by atoms with Crippen LogP contribution in [0.5, 0.6) is 0 Å². The molecule has 1 saturated heterocycles. The van der Waals surface area contributed by atoms with Gasteiger partial charge in [-0.2, -0.15) is 0 Å². The molecule has 3 N–H and O–H groups in total. The highest BCUT2D eigenvalue weighted by atomic mass is 16.2. The van der Waals surface area contributed by atoms with Crippen molar-refractivity contribution in [3.05, 3.63) is 36.0 Å². The number of benzene rings is 1. The number of aromatic nitrogens is 1. The van der Waals surface area contributed by atoms with E-state index in [1.54, 1.807) is 0 Å². The van der Waals surface area contributed by atoms with E-state index in [-0.39, 0.29) is 24.4 Å². The maximum Gasteiger partial charge on any atom is 0.325 e. The Morgan fingerprint density at radius 2 is 2.04 bits per heavy atom. The van der Waals surface area contributed by atoms with Crippen LogP contribution in [0.4, 0.5) is 4.79 Å². The predicted molar refractivity (Wildman–Crippen MR) is 108 cm³/mol. The lowest BCUT2D eigenvalue weighted by atomic mass is 10.1. The number of hydrogen-bond donors (Lipinski definition) is 3. The summed E-state index contributed by atoms with van der Waals surface area (Å²) in [5.41, 5.74) is 1.95. The number of imide groups is 1. The Kier molecular flexibility index (Phi) is 6.34. The summed E-state index contributed by atoms with van der Waals surface area (Å²) in [5.74, 6) is -0.663. The highest BCUT2D eigenvalue weighted by molar-refractivity contribution is 6.06. The van der Waals surface area contributed by atoms with Crippen molar-refractivity contribution in [2.75, 3.05) is 6.54 Å². The zero-order valence-electron chi connectivity index (χ0n) is 16.5. The molecule has 1 aliphatic heterocycles. The van der Waals surface area contributed by atoms with Crippen molar-refractivity contribution in [2.24, 2.45) is 0 Å². The third-order valence-electron chi connectivity index (χ3n) is 5.16. The van der Waals surface area contributed by atoms with Gasteiger partial charge in [0.25, 0.3) is 5.91 Å². The van der Waals surface area contributed by atoms with Gasteiger partial charge in [0.15, 0.2) is 0 Å². The number of amides is 4. The van der Waals surface area contributed by atoms with Crippen molar-refractivity contribution in [1.29, 1.82) is 0 Å². The van der Waals surface area contributed by atoms with E-state index in [1.165, 1.54) is 0 Å². The topological polar surface area (TPSA) is 94.3 Å². The molecule has 150 valence electrons. The van der Waals surface area contributed by atoms with Crippen LogP contribution in [0, 0.1) is 0 Å². The molecule has 7 heteroatoms. The second-order valence-electron chi connectivity index (χ2n) is 7.45. The van der Waals surface area contributed by atoms with Crippen LogP contribution in [0.25, 0.3) is 10.9 Å². The quantitative estimate of drug-likeness (QED) is 0.458. The number of H-pyrrole nitrogens is 1. The van der Waals surface area contributed by atoms with Crippen molar-refractivity contribution >= 4 is 28.7 Å². The first-order valence-electron chi connectivity index (χ1n) is 9.95. The van der Waals surface area contributed by atoms with Crippen LogP contribution in [0.3, 0.4) is 0 Å². The van der Waals surface area contributed by atoms with Gasteiger partial charge in [-0.05, 0) is 25.0 Å². The fourth-order valence-electron chi connectivity index (χ4n) is 3.62. The molecule has 0 unspecified atom stereocenters. The maximum absolute atomic E-state index is 12.7. The summed E-state index contributed by atoms with van der Waals surface area (Å²) in [4.78, 5) is 41.3. The Bertz CT molecular complexity index is 860. The van der Waals surface area contributed by atoms with Gasteiger partial charge >= 0.3 is 6.03 Å². The maximum atomic E-state index is 12.7. The zero-order valence-corrected chi connectivity index (χ0v) is 16.5. The number of carbonyl (C=O) groups excluding carboxylic acids is 3. The van der Waals surface area contributed by atoms with Crippen molar-refractivity contribution in [3.8, 4) is 0 Å². The van der Waals surface area contributed by atoms with Gasteiger partial charge in [0.05, 0.1) is 0 Å². The molecular formula is C21H28N4O3. The molecule has 0 radical (unpaired) electrons. The average molecular weight is 384 g/mol. The number of nitrogens with zero attached hydrogens (tertiary/aromatic N) is 1. The second kappa shape index (κ2) is 8.91. The number of nitrogens with one attached hydrogen (secondary N) is 3. The molecular weight excluding hydrogens is 356 g/mol. The number of rotatable bonds is 9. The van der Waals surface area contributed by atoms with Gasteiger partial charge in [0.2, 0.25) is 5.91 Å². The van der Waals surface area contributed by atoms with E-state index in [4.69, 9.17) is 0 Å². The van der Waals surface area contributed by atoms with Crippen LogP contribution < -0.4 is 10.6 Å². The lowest BCUT2D eigenvalue weighted by molar-refractivity contribution is -0.132. The zero-order chi connectivity index (χ0) is 20.1. The Labute approximate surface area is 164 Å². The minimum absolute atomic E-state index is 0.0295. The molecule has 1 aromatic heterocycles. The standard InChI is InChI=1S/C21H28N4O3/c1-3-4-5-8-14(2)23-19(26)13-25-20(27)18(24-21(25)28)11-15-12-22-17-10-7-6-9-16(15)17/h6-7,9-10,12,14,18,22H,3-5,8,11,13H2,1-2H3,(H,23,26)(H,24,28)/t14-,18+/m0/s1. The van der Waals surface area contributed by atoms with E-state index >= 15 is 0 Å². The monoisotopic (exact) mass is 384 g/mol. The smallest absolute Gasteiger partial charge is 0.325 e. The molecule has 0 aliphatic carbocycles. The molecule has 2 atom stereocenters. The molecule has 4 amide bonds. The largest absolute Gasteiger partial charge is 0.361 e. The van der Waals surface area contributed by atoms with Crippen molar-refractivity contribution in [2.45, 2.75) is 58.0 Å². The SMILES string of the molecule is CCCCC[C@H](C)NC(=O)CN1C(=O)N[C@H](Cc2c[nH]c3ccccc23)C1=O. The van der Waals surface area contributed by atoms with Crippen LogP contribution >= 0.6 is 0 Å². The number of fused-ring (bicyclic) bond motifs is 1. The van der Waals surface area contributed by atoms with Crippen LogP contribution in [-0.2, 0) is 16.0 Å². The van der Waals surface area contributed by atoms with Crippen LogP contribution in [0.15, 0.2) is 30.5 Å². The van der Waals surface area contributed by atoms with Crippen molar-refractivity contribution < 1.29 is 14.4 Å². The van der Waals surface area contributed by atoms with Crippen LogP contribution in [-0.4, -0.2) is 46.4 Å². The summed E-state index contributed by atoms with van der Waals surface area (Å²) < 4.78 is 0. The van der Waals surface area contributed by atoms with Gasteiger partial charge in [-0.15, -0.1) is 0 Å². The van der Waals surface area contributed by atoms with E-state index in [1.807, 2.05) is 37.4 Å². The minimum Gasteiger partial charge on any atom is -0.361 e. The highest BCUT2D eigenvalue weighted by Gasteiger charge is 2.39. The first kappa shape index (κ1) is 19.9. The fourth-order valence-corrected chi connectivity index (χ4v) is 3.62. The molecule has 1 aliphatic rings. The van der Waals surface area contributed by atoms with Gasteiger partial charge in [-0.25, -0.2) is 4.79 Å². The number of unbranched alkanes of at least 4 members (excludes halogenated alkanes) is 2. The van der Waals surface area contributed by atoms with Crippen molar-refractivity contribution in [1.82, 2.24) is 20.5 Å². The number of carbonyl (C=O) groups is 3. The van der Waals surface area contributed by atoms with Gasteiger partial charge in [-0.3, -0.25) is 14.5 Å². The summed E-state index contributed by atoms with van der Waals surface area (Å²) in [6, 6.07) is 6.69. The van der Waals surface area contributed by atoms with E-state index < -0.39 is 12.1 Å². The van der Waals surface area contributed by atoms with E-state index in [9.17, 15) is 14.4 Å². The predicted octanol–water partition coefficient (Wildman–Crippen LogP) is 2.72. The normalized spacial score (nSPS) is 17.8. The molecule has 2 aromatic rings. The Balaban J connectivity index is 1.56. The average Bonchev–Trinajstić information content (AvgIpc) is 3.18. The molecule has 2 heterocycles. The Morgan fingerprint density at radius 3 is 2.82 bits per heavy atom. The number of aromatic amines is 1. The molecule has 0 bridgehead atoms. The molecule has 3 rings (SSSR count). The molecule has 0 saturated carbocycles. The fraction of sp³-hybridized carbons (Fsp3) is 0.476. The van der Waals surface area contributed by atoms with Crippen LogP contribution in [0.1, 0.15) is 45.1 Å². The molecule has 28 heavy (non-hydrogen) atoms. The number of hydrogen-bond acceptors (Lipinski definition) is 3. The summed E-state index contributed by atoms with van der Waals surface area (Å²) in [6.45, 7) is 3.83. The third-order valence-corrected chi connectivity index (χ3v) is 5.16. The van der Waals surface area contributed by atoms with Gasteiger partial charge in [-0.1, -0.05) is 44.4 Å². The van der Waals surface area contributed by atoms with Gasteiger partial charge in [0.1, 0.15) is 12.6 Å². The van der Waals surface area contributed by atoms with Gasteiger partial charge in [0, 0.05) is 29.6 Å². The molecule has 7 nitrogen and oxygen atoms in total. The summed E-state index contributed by atoms with van der Waals surface area (Å²) in [7, 11) is 0. The first-order valence-corrected chi connectivity index (χ1v) is 9.95. The number of para-hydroxylation sites is 1. The molecule has 1 fully saturated rings. The summed E-state index contributed by atoms with van der Waals surface area (Å²) >= 11 is 0. The van der Waals surface area contributed by atoms with E-state index in [0.29, 0.717) is 6.42 Å². The lowest BCUT2D eigenvalue weighted by Crippen LogP contribution is -2.43. The van der Waals surface area contributed by atoms with E-state index in [2.05, 4.69) is 22.5 Å². The third kappa shape index (κ3) is 4.52. The summed E-state index contributed by atoms with van der Waals surface area (Å²) in [6.07, 6.45) is 6.44. The van der Waals surface area contributed by atoms with Gasteiger partial charge < -0.3 is 15.6 Å². The Hall–Kier alpha value is -2.83. The Morgan fingerprint density at radius 1 is 1.25 bits per heavy atom. The van der Waals surface area contributed by atoms with Crippen molar-refractivity contribution in [3.63, 3.8) is 0 Å². The second-order valence-corrected chi connectivity index (χ2v) is 7.45. The number of urea groups is 1.